The van der Waals surface area contributed by atoms with Crippen LogP contribution in [-0.4, -0.2) is 82.0 Å². The summed E-state index contributed by atoms with van der Waals surface area (Å²) >= 11 is 0. The summed E-state index contributed by atoms with van der Waals surface area (Å²) in [5, 5.41) is 18.4. The third-order valence-electron chi connectivity index (χ3n) is 7.97. The summed E-state index contributed by atoms with van der Waals surface area (Å²) < 4.78 is 0. The first-order valence-electron chi connectivity index (χ1n) is 14.2. The summed E-state index contributed by atoms with van der Waals surface area (Å²) in [7, 11) is 1.27. The van der Waals surface area contributed by atoms with Crippen molar-refractivity contribution in [1.82, 2.24) is 25.9 Å². The van der Waals surface area contributed by atoms with Crippen molar-refractivity contribution < 1.29 is 29.2 Å². The number of hydrogen-bond donors (Lipinski definition) is 4. The highest BCUT2D eigenvalue weighted by atomic mass is 16.5. The Bertz CT molecular complexity index is 1080. The molecule has 40 heavy (non-hydrogen) atoms. The Kier molecular flexibility index (Phi) is 10.7. The number of rotatable bonds is 9. The minimum Gasteiger partial charge on any atom is -0.343 e. The monoisotopic (exact) mass is 557 g/mol. The van der Waals surface area contributed by atoms with Gasteiger partial charge in [-0.2, -0.15) is 0 Å². The molecule has 0 aromatic heterocycles. The van der Waals surface area contributed by atoms with Crippen molar-refractivity contribution in [2.75, 3.05) is 13.6 Å². The second kappa shape index (κ2) is 13.7. The standard InChI is InChI=1S/C29H43N5O6/c1-5-29(3)28(39)31-22(17-20-12-8-6-9-13-20)27(38)34-18-19(2)16-23(34)26(37)30-21(25(36)32-29)14-10-7-11-15-24(35)33(4)40/h6,8-9,12-13,19,21-23,40H,5,7,10-11,14-18H2,1-4H3,(H,30,37)(H,31,39)(H,32,36)/t19-,21-,22-,23+,29-/m0/s1. The van der Waals surface area contributed by atoms with Gasteiger partial charge in [0.15, 0.2) is 0 Å². The van der Waals surface area contributed by atoms with Crippen LogP contribution in [0.25, 0.3) is 0 Å². The number of hydrogen-bond acceptors (Lipinski definition) is 6. The van der Waals surface area contributed by atoms with Crippen LogP contribution in [0.5, 0.6) is 0 Å². The third-order valence-corrected chi connectivity index (χ3v) is 7.97. The maximum Gasteiger partial charge on any atom is 0.246 e. The molecule has 0 saturated carbocycles. The van der Waals surface area contributed by atoms with Crippen LogP contribution in [0.3, 0.4) is 0 Å². The van der Waals surface area contributed by atoms with Crippen LogP contribution in [0.1, 0.15) is 71.3 Å². The maximum absolute atomic E-state index is 13.9. The molecule has 2 saturated heterocycles. The Balaban J connectivity index is 1.84. The molecule has 3 rings (SSSR count). The Morgan fingerprint density at radius 2 is 1.75 bits per heavy atom. The van der Waals surface area contributed by atoms with Crippen molar-refractivity contribution >= 4 is 29.5 Å². The van der Waals surface area contributed by atoms with Crippen LogP contribution in [0, 0.1) is 5.92 Å². The van der Waals surface area contributed by atoms with Gasteiger partial charge in [-0.3, -0.25) is 29.2 Å². The second-order valence-electron chi connectivity index (χ2n) is 11.3. The lowest BCUT2D eigenvalue weighted by molar-refractivity contribution is -0.159. The Morgan fingerprint density at radius 3 is 2.40 bits per heavy atom. The van der Waals surface area contributed by atoms with Gasteiger partial charge < -0.3 is 20.9 Å². The lowest BCUT2D eigenvalue weighted by Crippen LogP contribution is -2.65. The topological polar surface area (TPSA) is 148 Å². The number of benzene rings is 1. The zero-order chi connectivity index (χ0) is 29.4. The molecule has 0 spiro atoms. The predicted octanol–water partition coefficient (Wildman–Crippen LogP) is 1.53. The van der Waals surface area contributed by atoms with Crippen molar-refractivity contribution in [1.29, 1.82) is 0 Å². The molecule has 2 fully saturated rings. The van der Waals surface area contributed by atoms with Gasteiger partial charge in [-0.05, 0) is 44.1 Å². The fraction of sp³-hybridized carbons (Fsp3) is 0.621. The summed E-state index contributed by atoms with van der Waals surface area (Å²) in [5.41, 5.74) is -0.430. The first-order chi connectivity index (χ1) is 18.9. The first-order valence-corrected chi connectivity index (χ1v) is 14.2. The van der Waals surface area contributed by atoms with Crippen molar-refractivity contribution in [3.05, 3.63) is 35.9 Å². The van der Waals surface area contributed by atoms with E-state index in [2.05, 4.69) is 16.0 Å². The van der Waals surface area contributed by atoms with E-state index in [1.807, 2.05) is 37.3 Å². The molecule has 11 heteroatoms. The fourth-order valence-corrected chi connectivity index (χ4v) is 5.27. The maximum atomic E-state index is 13.9. The summed E-state index contributed by atoms with van der Waals surface area (Å²) in [5.74, 6) is -1.96. The largest absolute Gasteiger partial charge is 0.343 e. The first kappa shape index (κ1) is 31.1. The zero-order valence-electron chi connectivity index (χ0n) is 23.9. The van der Waals surface area contributed by atoms with Gasteiger partial charge in [-0.1, -0.05) is 57.0 Å². The average Bonchev–Trinajstić information content (AvgIpc) is 3.32. The van der Waals surface area contributed by atoms with Crippen molar-refractivity contribution in [2.24, 2.45) is 5.92 Å². The van der Waals surface area contributed by atoms with Crippen LogP contribution in [0.4, 0.5) is 0 Å². The second-order valence-corrected chi connectivity index (χ2v) is 11.3. The van der Waals surface area contributed by atoms with E-state index >= 15 is 0 Å². The minimum absolute atomic E-state index is 0.0771. The predicted molar refractivity (Wildman–Crippen MR) is 148 cm³/mol. The van der Waals surface area contributed by atoms with Gasteiger partial charge in [0.05, 0.1) is 0 Å². The van der Waals surface area contributed by atoms with Crippen LogP contribution >= 0.6 is 0 Å². The normalized spacial score (nSPS) is 27.6. The molecule has 2 heterocycles. The van der Waals surface area contributed by atoms with Crippen molar-refractivity contribution in [3.63, 3.8) is 0 Å². The van der Waals surface area contributed by atoms with E-state index in [4.69, 9.17) is 0 Å². The Labute approximate surface area is 236 Å². The Morgan fingerprint density at radius 1 is 1.05 bits per heavy atom. The molecule has 0 aliphatic carbocycles. The minimum atomic E-state index is -1.30. The summed E-state index contributed by atoms with van der Waals surface area (Å²) in [6.45, 7) is 5.75. The molecule has 5 atom stereocenters. The molecule has 1 aromatic carbocycles. The SMILES string of the molecule is CC[C@]1(C)NC(=O)[C@H](CCCCCC(=O)N(C)O)NC(=O)[C@H]2C[C@H](C)CN2C(=O)[C@H](Cc2ccccc2)NC1=O. The van der Waals surface area contributed by atoms with E-state index in [9.17, 15) is 29.2 Å². The van der Waals surface area contributed by atoms with Crippen molar-refractivity contribution in [3.8, 4) is 0 Å². The smallest absolute Gasteiger partial charge is 0.246 e. The summed E-state index contributed by atoms with van der Waals surface area (Å²) in [6, 6.07) is 6.83. The summed E-state index contributed by atoms with van der Waals surface area (Å²) in [4.78, 5) is 67.6. The van der Waals surface area contributed by atoms with Gasteiger partial charge in [0.25, 0.3) is 0 Å². The van der Waals surface area contributed by atoms with Crippen molar-refractivity contribution in [2.45, 2.75) is 95.8 Å². The highest BCUT2D eigenvalue weighted by molar-refractivity contribution is 5.99. The highest BCUT2D eigenvalue weighted by Gasteiger charge is 2.44. The highest BCUT2D eigenvalue weighted by Crippen LogP contribution is 2.26. The number of amides is 5. The lowest BCUT2D eigenvalue weighted by atomic mass is 9.94. The molecule has 2 aliphatic rings. The number of carbonyl (C=O) groups excluding carboxylic acids is 5. The van der Waals surface area contributed by atoms with Gasteiger partial charge in [0.2, 0.25) is 29.5 Å². The molecule has 0 radical (unpaired) electrons. The molecular formula is C29H43N5O6. The number of carbonyl (C=O) groups is 5. The van der Waals surface area contributed by atoms with Crippen LogP contribution in [0.2, 0.25) is 0 Å². The fourth-order valence-electron chi connectivity index (χ4n) is 5.27. The van der Waals surface area contributed by atoms with Gasteiger partial charge >= 0.3 is 0 Å². The van der Waals surface area contributed by atoms with E-state index < -0.39 is 47.3 Å². The third kappa shape index (κ3) is 7.80. The quantitative estimate of drug-likeness (QED) is 0.206. The lowest BCUT2D eigenvalue weighted by Gasteiger charge is -2.36. The molecule has 11 nitrogen and oxygen atoms in total. The molecule has 0 unspecified atom stereocenters. The van der Waals surface area contributed by atoms with Gasteiger partial charge in [-0.25, -0.2) is 5.06 Å². The van der Waals surface area contributed by atoms with E-state index in [0.29, 0.717) is 43.7 Å². The van der Waals surface area contributed by atoms with Gasteiger partial charge in [0, 0.05) is 26.4 Å². The van der Waals surface area contributed by atoms with E-state index in [0.717, 1.165) is 5.56 Å². The molecule has 0 bridgehead atoms. The van der Waals surface area contributed by atoms with E-state index in [1.165, 1.54) is 7.05 Å². The van der Waals surface area contributed by atoms with E-state index in [1.54, 1.807) is 18.7 Å². The molecule has 4 N–H and O–H groups in total. The van der Waals surface area contributed by atoms with Crippen LogP contribution in [-0.2, 0) is 30.4 Å². The summed E-state index contributed by atoms with van der Waals surface area (Å²) in [6.07, 6.45) is 3.14. The van der Waals surface area contributed by atoms with Crippen LogP contribution < -0.4 is 16.0 Å². The van der Waals surface area contributed by atoms with Gasteiger partial charge in [0.1, 0.15) is 23.7 Å². The number of hydroxylamine groups is 2. The molecule has 2 aliphatic heterocycles. The number of nitrogens with one attached hydrogen (secondary N) is 3. The number of fused-ring (bicyclic) bond motifs is 1. The molecule has 1 aromatic rings. The van der Waals surface area contributed by atoms with E-state index in [-0.39, 0.29) is 31.1 Å². The molecule has 5 amide bonds. The van der Waals surface area contributed by atoms with Crippen LogP contribution in [0.15, 0.2) is 30.3 Å². The zero-order valence-corrected chi connectivity index (χ0v) is 23.9. The number of unbranched alkanes of at least 4 members (excludes halogenated alkanes) is 2. The molecular weight excluding hydrogens is 514 g/mol. The average molecular weight is 558 g/mol. The number of nitrogens with zero attached hydrogens (tertiary/aromatic N) is 2. The molecule has 220 valence electrons. The Hall–Kier alpha value is -3.47. The van der Waals surface area contributed by atoms with Gasteiger partial charge in [-0.15, -0.1) is 0 Å².